The Labute approximate surface area is 126 Å². The lowest BCUT2D eigenvalue weighted by Gasteiger charge is -2.13. The molecule has 2 N–H and O–H groups in total. The van der Waals surface area contributed by atoms with Crippen molar-refractivity contribution in [1.29, 1.82) is 0 Å². The zero-order valence-corrected chi connectivity index (χ0v) is 12.6. The number of rotatable bonds is 3. The molecule has 0 aliphatic heterocycles. The highest BCUT2D eigenvalue weighted by molar-refractivity contribution is 7.99. The average molecular weight is 311 g/mol. The normalized spacial score (nSPS) is 11.9. The first kappa shape index (κ1) is 15.8. The number of alkyl halides is 3. The van der Waals surface area contributed by atoms with Gasteiger partial charge < -0.3 is 5.73 Å². The molecule has 0 heterocycles. The molecule has 0 saturated carbocycles. The van der Waals surface area contributed by atoms with Crippen LogP contribution in [0.25, 0.3) is 0 Å². The summed E-state index contributed by atoms with van der Waals surface area (Å²) in [7, 11) is 0. The highest BCUT2D eigenvalue weighted by Crippen LogP contribution is 2.40. The Bertz CT molecular complexity index is 618. The van der Waals surface area contributed by atoms with E-state index in [1.165, 1.54) is 12.1 Å². The van der Waals surface area contributed by atoms with Crippen LogP contribution in [0.1, 0.15) is 30.9 Å². The summed E-state index contributed by atoms with van der Waals surface area (Å²) in [5, 5.41) is 0. The van der Waals surface area contributed by atoms with Crippen LogP contribution in [0, 0.1) is 0 Å². The van der Waals surface area contributed by atoms with Gasteiger partial charge >= 0.3 is 6.18 Å². The number of benzene rings is 2. The summed E-state index contributed by atoms with van der Waals surface area (Å²) in [6.45, 7) is 4.15. The Morgan fingerprint density at radius 3 is 2.14 bits per heavy atom. The van der Waals surface area contributed by atoms with Gasteiger partial charge in [-0.05, 0) is 41.8 Å². The summed E-state index contributed by atoms with van der Waals surface area (Å²) < 4.78 is 39.1. The van der Waals surface area contributed by atoms with Crippen molar-refractivity contribution in [3.63, 3.8) is 0 Å². The molecule has 2 rings (SSSR count). The molecule has 21 heavy (non-hydrogen) atoms. The zero-order valence-electron chi connectivity index (χ0n) is 11.7. The van der Waals surface area contributed by atoms with Crippen LogP contribution in [0.5, 0.6) is 0 Å². The molecule has 0 aromatic heterocycles. The van der Waals surface area contributed by atoms with Crippen LogP contribution in [-0.4, -0.2) is 0 Å². The number of nitrogens with two attached hydrogens (primary N) is 1. The molecule has 0 aliphatic rings. The number of halogens is 3. The second kappa shape index (κ2) is 6.02. The van der Waals surface area contributed by atoms with Gasteiger partial charge in [0.1, 0.15) is 0 Å². The largest absolute Gasteiger partial charge is 0.417 e. The third-order valence-corrected chi connectivity index (χ3v) is 4.17. The highest BCUT2D eigenvalue weighted by atomic mass is 32.2. The van der Waals surface area contributed by atoms with Gasteiger partial charge in [-0.3, -0.25) is 0 Å². The van der Waals surface area contributed by atoms with Crippen LogP contribution in [0.4, 0.5) is 18.9 Å². The summed E-state index contributed by atoms with van der Waals surface area (Å²) in [4.78, 5) is 0.934. The fourth-order valence-electron chi connectivity index (χ4n) is 1.91. The van der Waals surface area contributed by atoms with Gasteiger partial charge in [-0.2, -0.15) is 13.2 Å². The molecule has 0 bridgehead atoms. The standard InChI is InChI=1S/C16H16F3NS/c1-10(2)11-3-6-13(7-4-11)21-15-8-5-12(20)9-14(15)16(17,18)19/h3-10H,20H2,1-2H3. The molecule has 0 saturated heterocycles. The summed E-state index contributed by atoms with van der Waals surface area (Å²) in [6.07, 6.45) is -4.41. The van der Waals surface area contributed by atoms with E-state index in [9.17, 15) is 13.2 Å². The lowest BCUT2D eigenvalue weighted by Crippen LogP contribution is -2.07. The van der Waals surface area contributed by atoms with Gasteiger partial charge in [0.25, 0.3) is 0 Å². The molecule has 1 nitrogen and oxygen atoms in total. The topological polar surface area (TPSA) is 26.0 Å². The molecule has 5 heteroatoms. The highest BCUT2D eigenvalue weighted by Gasteiger charge is 2.33. The van der Waals surface area contributed by atoms with E-state index < -0.39 is 11.7 Å². The van der Waals surface area contributed by atoms with Crippen molar-refractivity contribution in [3.8, 4) is 0 Å². The van der Waals surface area contributed by atoms with Crippen LogP contribution >= 0.6 is 11.8 Å². The molecule has 0 fully saturated rings. The first-order chi connectivity index (χ1) is 9.77. The van der Waals surface area contributed by atoms with Crippen LogP contribution in [-0.2, 0) is 6.18 Å². The van der Waals surface area contributed by atoms with Crippen molar-refractivity contribution in [2.75, 3.05) is 5.73 Å². The molecule has 0 spiro atoms. The second-order valence-electron chi connectivity index (χ2n) is 5.08. The monoisotopic (exact) mass is 311 g/mol. The number of hydrogen-bond acceptors (Lipinski definition) is 2. The van der Waals surface area contributed by atoms with Crippen molar-refractivity contribution in [2.24, 2.45) is 0 Å². The van der Waals surface area contributed by atoms with Gasteiger partial charge in [-0.15, -0.1) is 0 Å². The maximum absolute atomic E-state index is 13.0. The van der Waals surface area contributed by atoms with E-state index in [1.54, 1.807) is 0 Å². The van der Waals surface area contributed by atoms with Crippen molar-refractivity contribution in [1.82, 2.24) is 0 Å². The summed E-state index contributed by atoms with van der Waals surface area (Å²) in [5.41, 5.74) is 6.04. The fourth-order valence-corrected chi connectivity index (χ4v) is 2.85. The minimum absolute atomic E-state index is 0.113. The number of anilines is 1. The average Bonchev–Trinajstić information content (AvgIpc) is 2.40. The number of hydrogen-bond donors (Lipinski definition) is 1. The predicted octanol–water partition coefficient (Wildman–Crippen LogP) is 5.56. The Balaban J connectivity index is 2.31. The molecule has 0 amide bonds. The van der Waals surface area contributed by atoms with Crippen molar-refractivity contribution < 1.29 is 13.2 Å². The Kier molecular flexibility index (Phi) is 4.52. The van der Waals surface area contributed by atoms with Gasteiger partial charge in [-0.25, -0.2) is 0 Å². The minimum atomic E-state index is -4.41. The van der Waals surface area contributed by atoms with Gasteiger partial charge in [0.15, 0.2) is 0 Å². The molecule has 0 unspecified atom stereocenters. The van der Waals surface area contributed by atoms with Crippen molar-refractivity contribution >= 4 is 17.4 Å². The van der Waals surface area contributed by atoms with Gasteiger partial charge in [0.2, 0.25) is 0 Å². The van der Waals surface area contributed by atoms with E-state index in [0.717, 1.165) is 28.3 Å². The lowest BCUT2D eigenvalue weighted by atomic mass is 10.0. The predicted molar refractivity (Wildman–Crippen MR) is 80.5 cm³/mol. The fraction of sp³-hybridized carbons (Fsp3) is 0.250. The molecule has 0 radical (unpaired) electrons. The third-order valence-electron chi connectivity index (χ3n) is 3.08. The minimum Gasteiger partial charge on any atom is -0.399 e. The first-order valence-corrected chi connectivity index (χ1v) is 7.33. The molecule has 112 valence electrons. The van der Waals surface area contributed by atoms with Crippen LogP contribution in [0.15, 0.2) is 52.3 Å². The lowest BCUT2D eigenvalue weighted by molar-refractivity contribution is -0.139. The molecule has 0 aliphatic carbocycles. The maximum Gasteiger partial charge on any atom is 0.417 e. The Hall–Kier alpha value is -1.62. The summed E-state index contributed by atoms with van der Waals surface area (Å²) >= 11 is 1.09. The smallest absolute Gasteiger partial charge is 0.399 e. The van der Waals surface area contributed by atoms with E-state index in [4.69, 9.17) is 5.73 Å². The molecule has 2 aromatic carbocycles. The van der Waals surface area contributed by atoms with Crippen molar-refractivity contribution in [2.45, 2.75) is 35.7 Å². The van der Waals surface area contributed by atoms with Crippen LogP contribution < -0.4 is 5.73 Å². The van der Waals surface area contributed by atoms with Crippen molar-refractivity contribution in [3.05, 3.63) is 53.6 Å². The van der Waals surface area contributed by atoms with Crippen LogP contribution in [0.2, 0.25) is 0 Å². The maximum atomic E-state index is 13.0. The SMILES string of the molecule is CC(C)c1ccc(Sc2ccc(N)cc2C(F)(F)F)cc1. The summed E-state index contributed by atoms with van der Waals surface area (Å²) in [6, 6.07) is 11.5. The Morgan fingerprint density at radius 1 is 1.00 bits per heavy atom. The van der Waals surface area contributed by atoms with Crippen LogP contribution in [0.3, 0.4) is 0 Å². The van der Waals surface area contributed by atoms with E-state index in [1.807, 2.05) is 24.3 Å². The molecule has 0 atom stereocenters. The van der Waals surface area contributed by atoms with E-state index in [2.05, 4.69) is 13.8 Å². The zero-order chi connectivity index (χ0) is 15.6. The molecular formula is C16H16F3NS. The second-order valence-corrected chi connectivity index (χ2v) is 6.19. The first-order valence-electron chi connectivity index (χ1n) is 6.52. The van der Waals surface area contributed by atoms with Gasteiger partial charge in [0.05, 0.1) is 5.56 Å². The quantitative estimate of drug-likeness (QED) is 0.751. The van der Waals surface area contributed by atoms with Gasteiger partial charge in [0, 0.05) is 15.5 Å². The van der Waals surface area contributed by atoms with E-state index in [0.29, 0.717) is 5.92 Å². The molecule has 2 aromatic rings. The number of nitrogen functional groups attached to an aromatic ring is 1. The molecular weight excluding hydrogens is 295 g/mol. The summed E-state index contributed by atoms with van der Waals surface area (Å²) in [5.74, 6) is 0.395. The van der Waals surface area contributed by atoms with E-state index >= 15 is 0 Å². The van der Waals surface area contributed by atoms with Gasteiger partial charge in [-0.1, -0.05) is 37.7 Å². The Morgan fingerprint density at radius 2 is 1.62 bits per heavy atom. The van der Waals surface area contributed by atoms with E-state index in [-0.39, 0.29) is 10.6 Å². The third kappa shape index (κ3) is 3.94.